The van der Waals surface area contributed by atoms with Crippen LogP contribution in [0.3, 0.4) is 0 Å². The minimum absolute atomic E-state index is 0.0773. The molecule has 0 atom stereocenters. The smallest absolute Gasteiger partial charge is 0.236 e. The third-order valence-electron chi connectivity index (χ3n) is 2.24. The molecule has 0 saturated carbocycles. The zero-order valence-electron chi connectivity index (χ0n) is 9.36. The van der Waals surface area contributed by atoms with Crippen LogP contribution in [0.15, 0.2) is 16.9 Å². The van der Waals surface area contributed by atoms with Gasteiger partial charge in [0.05, 0.1) is 12.2 Å². The molecular formula is C10H17N3O2. The summed E-state index contributed by atoms with van der Waals surface area (Å²) in [4.78, 5) is 13.2. The van der Waals surface area contributed by atoms with Gasteiger partial charge in [0, 0.05) is 25.7 Å². The predicted molar refractivity (Wildman–Crippen MR) is 56.1 cm³/mol. The van der Waals surface area contributed by atoms with E-state index in [2.05, 4.69) is 15.0 Å². The van der Waals surface area contributed by atoms with Crippen molar-refractivity contribution < 1.29 is 9.32 Å². The van der Waals surface area contributed by atoms with Gasteiger partial charge in [-0.2, -0.15) is 0 Å². The normalized spacial score (nSPS) is 10.7. The van der Waals surface area contributed by atoms with Crippen LogP contribution in [0.5, 0.6) is 0 Å². The summed E-state index contributed by atoms with van der Waals surface area (Å²) in [5.74, 6) is 0.0773. The second-order valence-corrected chi connectivity index (χ2v) is 3.69. The molecule has 1 aromatic rings. The van der Waals surface area contributed by atoms with Crippen molar-refractivity contribution in [2.24, 2.45) is 0 Å². The van der Waals surface area contributed by atoms with Gasteiger partial charge >= 0.3 is 0 Å². The minimum Gasteiger partial charge on any atom is -0.364 e. The van der Waals surface area contributed by atoms with E-state index in [1.165, 1.54) is 6.26 Å². The van der Waals surface area contributed by atoms with Crippen LogP contribution < -0.4 is 5.32 Å². The van der Waals surface area contributed by atoms with Gasteiger partial charge in [-0.3, -0.25) is 4.79 Å². The van der Waals surface area contributed by atoms with Crippen LogP contribution in [-0.2, 0) is 11.3 Å². The van der Waals surface area contributed by atoms with E-state index in [1.807, 2.05) is 13.8 Å². The molecule has 1 amide bonds. The fourth-order valence-electron chi connectivity index (χ4n) is 1.04. The van der Waals surface area contributed by atoms with Crippen LogP contribution in [0.2, 0.25) is 0 Å². The van der Waals surface area contributed by atoms with Crippen molar-refractivity contribution in [1.29, 1.82) is 0 Å². The van der Waals surface area contributed by atoms with E-state index in [4.69, 9.17) is 0 Å². The van der Waals surface area contributed by atoms with Gasteiger partial charge in [-0.25, -0.2) is 0 Å². The van der Waals surface area contributed by atoms with Crippen LogP contribution >= 0.6 is 0 Å². The fraction of sp³-hybridized carbons (Fsp3) is 0.600. The second-order valence-electron chi connectivity index (χ2n) is 3.69. The highest BCUT2D eigenvalue weighted by Gasteiger charge is 2.10. The molecule has 1 rings (SSSR count). The summed E-state index contributed by atoms with van der Waals surface area (Å²) >= 11 is 0. The van der Waals surface area contributed by atoms with Gasteiger partial charge in [-0.15, -0.1) is 0 Å². The Morgan fingerprint density at radius 2 is 2.40 bits per heavy atom. The third-order valence-corrected chi connectivity index (χ3v) is 2.24. The lowest BCUT2D eigenvalue weighted by Gasteiger charge is -2.21. The number of aromatic nitrogens is 1. The van der Waals surface area contributed by atoms with Crippen molar-refractivity contribution in [3.8, 4) is 0 Å². The molecule has 84 valence electrons. The maximum absolute atomic E-state index is 11.5. The third kappa shape index (κ3) is 3.71. The van der Waals surface area contributed by atoms with E-state index in [0.717, 1.165) is 5.69 Å². The average Bonchev–Trinajstić information content (AvgIpc) is 2.69. The molecule has 5 heteroatoms. The predicted octanol–water partition coefficient (Wildman–Crippen LogP) is 0.631. The molecule has 0 radical (unpaired) electrons. The van der Waals surface area contributed by atoms with Crippen molar-refractivity contribution in [2.45, 2.75) is 26.4 Å². The Balaban J connectivity index is 2.23. The monoisotopic (exact) mass is 211 g/mol. The van der Waals surface area contributed by atoms with E-state index in [-0.39, 0.29) is 11.9 Å². The van der Waals surface area contributed by atoms with Crippen molar-refractivity contribution in [3.05, 3.63) is 18.0 Å². The SMILES string of the molecule is CC(C)N(C)C(=O)CNCc1ccon1. The van der Waals surface area contributed by atoms with E-state index in [9.17, 15) is 4.79 Å². The summed E-state index contributed by atoms with van der Waals surface area (Å²) in [6.45, 7) is 4.83. The first kappa shape index (κ1) is 11.7. The number of amides is 1. The number of likely N-dealkylation sites (N-methyl/N-ethyl adjacent to an activating group) is 1. The van der Waals surface area contributed by atoms with Gasteiger partial charge in [0.15, 0.2) is 0 Å². The summed E-state index contributed by atoms with van der Waals surface area (Å²) < 4.78 is 4.67. The van der Waals surface area contributed by atoms with E-state index < -0.39 is 0 Å². The van der Waals surface area contributed by atoms with Gasteiger partial charge in [-0.05, 0) is 13.8 Å². The van der Waals surface area contributed by atoms with Gasteiger partial charge < -0.3 is 14.7 Å². The fourth-order valence-corrected chi connectivity index (χ4v) is 1.04. The number of rotatable bonds is 5. The zero-order valence-corrected chi connectivity index (χ0v) is 9.36. The number of hydrogen-bond acceptors (Lipinski definition) is 4. The molecule has 5 nitrogen and oxygen atoms in total. The van der Waals surface area contributed by atoms with Crippen molar-refractivity contribution in [1.82, 2.24) is 15.4 Å². The molecule has 1 N–H and O–H groups in total. The largest absolute Gasteiger partial charge is 0.364 e. The topological polar surface area (TPSA) is 58.4 Å². The lowest BCUT2D eigenvalue weighted by Crippen LogP contribution is -2.39. The molecule has 0 aliphatic rings. The highest BCUT2D eigenvalue weighted by molar-refractivity contribution is 5.78. The molecule has 0 fully saturated rings. The molecule has 1 aromatic heterocycles. The standard InChI is InChI=1S/C10H17N3O2/c1-8(2)13(3)10(14)7-11-6-9-4-5-15-12-9/h4-5,8,11H,6-7H2,1-3H3. The summed E-state index contributed by atoms with van der Waals surface area (Å²) in [5.41, 5.74) is 0.801. The first-order chi connectivity index (χ1) is 7.11. The van der Waals surface area contributed by atoms with Gasteiger partial charge in [0.25, 0.3) is 0 Å². The van der Waals surface area contributed by atoms with Crippen LogP contribution in [0.1, 0.15) is 19.5 Å². The lowest BCUT2D eigenvalue weighted by molar-refractivity contribution is -0.130. The van der Waals surface area contributed by atoms with Gasteiger partial charge in [0.2, 0.25) is 5.91 Å². The number of carbonyl (C=O) groups is 1. The molecule has 0 unspecified atom stereocenters. The Labute approximate surface area is 89.4 Å². The molecule has 15 heavy (non-hydrogen) atoms. The highest BCUT2D eigenvalue weighted by Crippen LogP contribution is 1.95. The Morgan fingerprint density at radius 3 is 2.93 bits per heavy atom. The number of carbonyl (C=O) groups excluding carboxylic acids is 1. The summed E-state index contributed by atoms with van der Waals surface area (Å²) in [6.07, 6.45) is 1.51. The first-order valence-corrected chi connectivity index (χ1v) is 4.97. The molecule has 0 spiro atoms. The first-order valence-electron chi connectivity index (χ1n) is 4.97. The Morgan fingerprint density at radius 1 is 1.67 bits per heavy atom. The van der Waals surface area contributed by atoms with Crippen LogP contribution in [0.4, 0.5) is 0 Å². The Hall–Kier alpha value is -1.36. The van der Waals surface area contributed by atoms with Crippen molar-refractivity contribution in [3.63, 3.8) is 0 Å². The Kier molecular flexibility index (Phi) is 4.30. The maximum atomic E-state index is 11.5. The average molecular weight is 211 g/mol. The van der Waals surface area contributed by atoms with E-state index in [0.29, 0.717) is 13.1 Å². The molecule has 0 aliphatic carbocycles. The highest BCUT2D eigenvalue weighted by atomic mass is 16.5. The molecule has 0 bridgehead atoms. The minimum atomic E-state index is 0.0773. The molecule has 1 heterocycles. The van der Waals surface area contributed by atoms with E-state index in [1.54, 1.807) is 18.0 Å². The van der Waals surface area contributed by atoms with Crippen molar-refractivity contribution in [2.75, 3.05) is 13.6 Å². The Bertz CT molecular complexity index is 296. The number of nitrogens with one attached hydrogen (secondary N) is 1. The molecule has 0 saturated heterocycles. The number of nitrogens with zero attached hydrogens (tertiary/aromatic N) is 2. The summed E-state index contributed by atoms with van der Waals surface area (Å²) in [5, 5.41) is 6.74. The molecule has 0 aromatic carbocycles. The lowest BCUT2D eigenvalue weighted by atomic mass is 10.3. The van der Waals surface area contributed by atoms with Crippen LogP contribution in [-0.4, -0.2) is 35.6 Å². The molecular weight excluding hydrogens is 194 g/mol. The quantitative estimate of drug-likeness (QED) is 0.776. The second kappa shape index (κ2) is 5.50. The number of hydrogen-bond donors (Lipinski definition) is 1. The zero-order chi connectivity index (χ0) is 11.3. The summed E-state index contributed by atoms with van der Waals surface area (Å²) in [7, 11) is 1.80. The van der Waals surface area contributed by atoms with Crippen LogP contribution in [0.25, 0.3) is 0 Å². The van der Waals surface area contributed by atoms with E-state index >= 15 is 0 Å². The maximum Gasteiger partial charge on any atom is 0.236 e. The van der Waals surface area contributed by atoms with Gasteiger partial charge in [0.1, 0.15) is 6.26 Å². The summed E-state index contributed by atoms with van der Waals surface area (Å²) in [6, 6.07) is 2.00. The van der Waals surface area contributed by atoms with Crippen LogP contribution in [0, 0.1) is 0 Å². The van der Waals surface area contributed by atoms with Crippen molar-refractivity contribution >= 4 is 5.91 Å². The van der Waals surface area contributed by atoms with Gasteiger partial charge in [-0.1, -0.05) is 5.16 Å². The molecule has 0 aliphatic heterocycles.